The largest absolute Gasteiger partial charge is 0.467 e. The number of nitrogens with one attached hydrogen (secondary N) is 2. The number of aliphatic imine (C=N–C) groups is 1. The van der Waals surface area contributed by atoms with E-state index < -0.39 is 0 Å². The van der Waals surface area contributed by atoms with Gasteiger partial charge in [-0.15, -0.1) is 24.0 Å². The lowest BCUT2D eigenvalue weighted by Gasteiger charge is -2.09. The van der Waals surface area contributed by atoms with Crippen molar-refractivity contribution >= 4 is 29.9 Å². The van der Waals surface area contributed by atoms with E-state index in [0.717, 1.165) is 18.3 Å². The summed E-state index contributed by atoms with van der Waals surface area (Å²) in [6.45, 7) is 3.54. The lowest BCUT2D eigenvalue weighted by atomic mass is 10.4. The molecule has 0 unspecified atom stereocenters. The summed E-state index contributed by atoms with van der Waals surface area (Å²) in [5, 5.41) is 6.57. The van der Waals surface area contributed by atoms with Gasteiger partial charge in [-0.05, 0) is 31.9 Å². The van der Waals surface area contributed by atoms with Crippen LogP contribution in [-0.4, -0.2) is 18.5 Å². The van der Waals surface area contributed by atoms with E-state index in [9.17, 15) is 0 Å². The molecule has 0 atom stereocenters. The van der Waals surface area contributed by atoms with Crippen LogP contribution in [0.1, 0.15) is 25.5 Å². The number of furan rings is 1. The van der Waals surface area contributed by atoms with E-state index in [0.29, 0.717) is 12.6 Å². The molecule has 5 heteroatoms. The number of rotatable bonds is 4. The first-order chi connectivity index (χ1) is 7.38. The van der Waals surface area contributed by atoms with Gasteiger partial charge >= 0.3 is 0 Å². The molecule has 90 valence electrons. The van der Waals surface area contributed by atoms with Crippen molar-refractivity contribution in [1.29, 1.82) is 0 Å². The summed E-state index contributed by atoms with van der Waals surface area (Å²) < 4.78 is 5.22. The second-order valence-electron chi connectivity index (χ2n) is 3.69. The molecular weight excluding hydrogens is 317 g/mol. The highest BCUT2D eigenvalue weighted by Gasteiger charge is 2.21. The summed E-state index contributed by atoms with van der Waals surface area (Å²) in [4.78, 5) is 4.44. The van der Waals surface area contributed by atoms with Crippen molar-refractivity contribution in [1.82, 2.24) is 10.6 Å². The molecule has 2 N–H and O–H groups in total. The highest BCUT2D eigenvalue weighted by molar-refractivity contribution is 14.0. The van der Waals surface area contributed by atoms with Crippen molar-refractivity contribution in [2.45, 2.75) is 32.4 Å². The van der Waals surface area contributed by atoms with E-state index in [4.69, 9.17) is 4.42 Å². The number of hydrogen-bond donors (Lipinski definition) is 2. The van der Waals surface area contributed by atoms with E-state index in [2.05, 4.69) is 22.5 Å². The molecule has 1 heterocycles. The van der Waals surface area contributed by atoms with Gasteiger partial charge in [-0.2, -0.15) is 0 Å². The predicted molar refractivity (Wildman–Crippen MR) is 75.1 cm³/mol. The van der Waals surface area contributed by atoms with E-state index in [1.54, 1.807) is 6.26 Å². The van der Waals surface area contributed by atoms with Crippen LogP contribution in [0.5, 0.6) is 0 Å². The third-order valence-electron chi connectivity index (χ3n) is 2.24. The maximum Gasteiger partial charge on any atom is 0.191 e. The summed E-state index contributed by atoms with van der Waals surface area (Å²) in [7, 11) is 0. The van der Waals surface area contributed by atoms with Gasteiger partial charge < -0.3 is 15.1 Å². The fraction of sp³-hybridized carbons (Fsp3) is 0.545. The van der Waals surface area contributed by atoms with Crippen molar-refractivity contribution < 1.29 is 4.42 Å². The summed E-state index contributed by atoms with van der Waals surface area (Å²) >= 11 is 0. The second-order valence-corrected chi connectivity index (χ2v) is 3.69. The summed E-state index contributed by atoms with van der Waals surface area (Å²) in [5.41, 5.74) is 0. The van der Waals surface area contributed by atoms with Crippen LogP contribution in [0.2, 0.25) is 0 Å². The first kappa shape index (κ1) is 13.3. The lowest BCUT2D eigenvalue weighted by Crippen LogP contribution is -2.38. The Morgan fingerprint density at radius 3 is 2.94 bits per heavy atom. The summed E-state index contributed by atoms with van der Waals surface area (Å²) in [6.07, 6.45) is 4.18. The Morgan fingerprint density at radius 2 is 2.38 bits per heavy atom. The van der Waals surface area contributed by atoms with Gasteiger partial charge in [0, 0.05) is 12.6 Å². The van der Waals surface area contributed by atoms with E-state index in [1.807, 2.05) is 12.1 Å². The lowest BCUT2D eigenvalue weighted by molar-refractivity contribution is 0.512. The topological polar surface area (TPSA) is 49.6 Å². The smallest absolute Gasteiger partial charge is 0.191 e. The Kier molecular flexibility index (Phi) is 5.65. The number of nitrogens with zero attached hydrogens (tertiary/aromatic N) is 1. The third-order valence-corrected chi connectivity index (χ3v) is 2.24. The molecule has 0 bridgehead atoms. The molecule has 0 radical (unpaired) electrons. The van der Waals surface area contributed by atoms with Crippen LogP contribution in [0.15, 0.2) is 27.8 Å². The molecule has 16 heavy (non-hydrogen) atoms. The third kappa shape index (κ3) is 4.42. The Morgan fingerprint density at radius 1 is 1.56 bits per heavy atom. The minimum Gasteiger partial charge on any atom is -0.467 e. The molecule has 0 spiro atoms. The summed E-state index contributed by atoms with van der Waals surface area (Å²) in [5.74, 6) is 1.78. The monoisotopic (exact) mass is 335 g/mol. The van der Waals surface area contributed by atoms with Crippen LogP contribution >= 0.6 is 24.0 Å². The van der Waals surface area contributed by atoms with Gasteiger partial charge in [0.15, 0.2) is 5.96 Å². The molecule has 1 aromatic rings. The molecule has 1 aliphatic carbocycles. The van der Waals surface area contributed by atoms with Crippen molar-refractivity contribution in [3.8, 4) is 0 Å². The molecule has 2 rings (SSSR count). The quantitative estimate of drug-likeness (QED) is 0.503. The minimum atomic E-state index is 0. The van der Waals surface area contributed by atoms with E-state index in [1.165, 1.54) is 12.8 Å². The molecular formula is C11H18IN3O. The zero-order valence-electron chi connectivity index (χ0n) is 9.40. The van der Waals surface area contributed by atoms with Gasteiger partial charge in [-0.25, -0.2) is 4.99 Å². The minimum absolute atomic E-state index is 0. The molecule has 1 aliphatic rings. The second kappa shape index (κ2) is 6.78. The SMILES string of the molecule is CCNC(=NCc1ccco1)NC1CC1.I. The Balaban J connectivity index is 0.00000128. The average molecular weight is 335 g/mol. The highest BCUT2D eigenvalue weighted by atomic mass is 127. The van der Waals surface area contributed by atoms with Gasteiger partial charge in [0.05, 0.1) is 6.26 Å². The number of guanidine groups is 1. The van der Waals surface area contributed by atoms with Gasteiger partial charge in [-0.3, -0.25) is 0 Å². The van der Waals surface area contributed by atoms with Crippen LogP contribution in [0.25, 0.3) is 0 Å². The van der Waals surface area contributed by atoms with Crippen molar-refractivity contribution in [2.24, 2.45) is 4.99 Å². The van der Waals surface area contributed by atoms with Crippen molar-refractivity contribution in [2.75, 3.05) is 6.54 Å². The highest BCUT2D eigenvalue weighted by Crippen LogP contribution is 2.18. The van der Waals surface area contributed by atoms with Crippen LogP contribution < -0.4 is 10.6 Å². The standard InChI is InChI=1S/C11H17N3O.HI/c1-2-12-11(14-9-5-6-9)13-8-10-4-3-7-15-10;/h3-4,7,9H,2,5-6,8H2,1H3,(H2,12,13,14);1H. The Bertz CT molecular complexity index is 320. The molecule has 1 saturated carbocycles. The zero-order valence-corrected chi connectivity index (χ0v) is 11.7. The molecule has 1 aromatic heterocycles. The maximum atomic E-state index is 5.22. The van der Waals surface area contributed by atoms with Crippen LogP contribution in [0.4, 0.5) is 0 Å². The van der Waals surface area contributed by atoms with E-state index in [-0.39, 0.29) is 24.0 Å². The molecule has 0 saturated heterocycles. The fourth-order valence-corrected chi connectivity index (χ4v) is 1.30. The predicted octanol–water partition coefficient (Wildman–Crippen LogP) is 2.12. The zero-order chi connectivity index (χ0) is 10.5. The first-order valence-electron chi connectivity index (χ1n) is 5.45. The van der Waals surface area contributed by atoms with Gasteiger partial charge in [0.1, 0.15) is 12.3 Å². The molecule has 0 aliphatic heterocycles. The summed E-state index contributed by atoms with van der Waals surface area (Å²) in [6, 6.07) is 4.44. The Hall–Kier alpha value is -0.720. The van der Waals surface area contributed by atoms with Crippen LogP contribution in [-0.2, 0) is 6.54 Å². The Labute approximate surface area is 113 Å². The first-order valence-corrected chi connectivity index (χ1v) is 5.45. The van der Waals surface area contributed by atoms with Crippen LogP contribution in [0, 0.1) is 0 Å². The number of hydrogen-bond acceptors (Lipinski definition) is 2. The van der Waals surface area contributed by atoms with Gasteiger partial charge in [-0.1, -0.05) is 0 Å². The van der Waals surface area contributed by atoms with Crippen molar-refractivity contribution in [3.63, 3.8) is 0 Å². The molecule has 4 nitrogen and oxygen atoms in total. The number of halogens is 1. The van der Waals surface area contributed by atoms with Crippen LogP contribution in [0.3, 0.4) is 0 Å². The fourth-order valence-electron chi connectivity index (χ4n) is 1.30. The van der Waals surface area contributed by atoms with Gasteiger partial charge in [0.25, 0.3) is 0 Å². The average Bonchev–Trinajstić information content (AvgIpc) is 2.90. The van der Waals surface area contributed by atoms with E-state index >= 15 is 0 Å². The maximum absolute atomic E-state index is 5.22. The normalized spacial score (nSPS) is 15.4. The van der Waals surface area contributed by atoms with Crippen molar-refractivity contribution in [3.05, 3.63) is 24.2 Å². The molecule has 0 aromatic carbocycles. The molecule has 1 fully saturated rings. The van der Waals surface area contributed by atoms with Gasteiger partial charge in [0.2, 0.25) is 0 Å². The molecule has 0 amide bonds.